The van der Waals surface area contributed by atoms with Crippen molar-refractivity contribution in [3.63, 3.8) is 0 Å². The minimum atomic E-state index is -1.30. The van der Waals surface area contributed by atoms with Gasteiger partial charge < -0.3 is 5.11 Å². The molecule has 0 saturated carbocycles. The zero-order chi connectivity index (χ0) is 15.1. The molecule has 0 radical (unpaired) electrons. The van der Waals surface area contributed by atoms with E-state index < -0.39 is 35.7 Å². The maximum Gasteiger partial charge on any atom is 0.331 e. The normalized spacial score (nSPS) is 26.0. The first-order valence-electron chi connectivity index (χ1n) is 6.74. The molecule has 2 amide bonds. The first-order chi connectivity index (χ1) is 10.0. The van der Waals surface area contributed by atoms with E-state index >= 15 is 0 Å². The number of allylic oxidation sites excluding steroid dienone is 2. The second-order valence-corrected chi connectivity index (χ2v) is 5.39. The summed E-state index contributed by atoms with van der Waals surface area (Å²) in [5.41, 5.74) is 0.332. The first-order valence-corrected chi connectivity index (χ1v) is 6.74. The van der Waals surface area contributed by atoms with Crippen molar-refractivity contribution >= 4 is 17.8 Å². The van der Waals surface area contributed by atoms with Crippen LogP contribution < -0.4 is 0 Å². The molecule has 1 aliphatic carbocycles. The number of imide groups is 1. The van der Waals surface area contributed by atoms with Crippen LogP contribution >= 0.6 is 0 Å². The van der Waals surface area contributed by atoms with Gasteiger partial charge in [-0.3, -0.25) is 19.2 Å². The predicted octanol–water partition coefficient (Wildman–Crippen LogP) is 0.497. The van der Waals surface area contributed by atoms with Gasteiger partial charge in [-0.05, 0) is 12.8 Å². The summed E-state index contributed by atoms with van der Waals surface area (Å²) < 4.78 is 1.45. The quantitative estimate of drug-likeness (QED) is 0.646. The summed E-state index contributed by atoms with van der Waals surface area (Å²) in [7, 11) is 1.65. The Labute approximate surface area is 120 Å². The molecular formula is C14H15N3O4. The van der Waals surface area contributed by atoms with Crippen LogP contribution in [0, 0.1) is 11.8 Å². The van der Waals surface area contributed by atoms with Crippen molar-refractivity contribution in [3.05, 3.63) is 30.1 Å². The van der Waals surface area contributed by atoms with E-state index in [1.807, 2.05) is 12.2 Å². The Bertz CT molecular complexity index is 622. The third-order valence-corrected chi connectivity index (χ3v) is 4.07. The number of aryl methyl sites for hydroxylation is 1. The molecule has 3 rings (SSSR count). The summed E-state index contributed by atoms with van der Waals surface area (Å²) in [6.07, 6.45) is 7.61. The fraction of sp³-hybridized carbons (Fsp3) is 0.429. The van der Waals surface area contributed by atoms with Crippen LogP contribution in [0.5, 0.6) is 0 Å². The highest BCUT2D eigenvalue weighted by Crippen LogP contribution is 2.39. The maximum absolute atomic E-state index is 12.5. The van der Waals surface area contributed by atoms with Gasteiger partial charge in [0.2, 0.25) is 11.8 Å². The first kappa shape index (κ1) is 13.5. The number of carbonyl (C=O) groups excluding carboxylic acids is 2. The summed E-state index contributed by atoms with van der Waals surface area (Å²) in [5.74, 6) is -2.88. The highest BCUT2D eigenvalue weighted by Gasteiger charge is 2.51. The zero-order valence-corrected chi connectivity index (χ0v) is 11.5. The van der Waals surface area contributed by atoms with Crippen LogP contribution in [-0.4, -0.2) is 37.6 Å². The van der Waals surface area contributed by atoms with Gasteiger partial charge in [-0.1, -0.05) is 12.2 Å². The molecule has 1 aliphatic heterocycles. The number of carboxylic acids is 1. The molecule has 3 atom stereocenters. The van der Waals surface area contributed by atoms with E-state index in [2.05, 4.69) is 5.10 Å². The smallest absolute Gasteiger partial charge is 0.331 e. The zero-order valence-electron chi connectivity index (χ0n) is 11.5. The molecule has 1 aromatic heterocycles. The van der Waals surface area contributed by atoms with E-state index in [9.17, 15) is 19.5 Å². The number of carbonyl (C=O) groups is 3. The van der Waals surface area contributed by atoms with Crippen molar-refractivity contribution in [3.8, 4) is 0 Å². The van der Waals surface area contributed by atoms with Gasteiger partial charge in [0.1, 0.15) is 0 Å². The molecule has 1 saturated heterocycles. The fourth-order valence-electron chi connectivity index (χ4n) is 3.06. The Kier molecular flexibility index (Phi) is 3.12. The van der Waals surface area contributed by atoms with Gasteiger partial charge in [0.25, 0.3) is 0 Å². The molecule has 110 valence electrons. The number of likely N-dealkylation sites (tertiary alicyclic amines) is 1. The van der Waals surface area contributed by atoms with Gasteiger partial charge in [-0.2, -0.15) is 5.10 Å². The second-order valence-electron chi connectivity index (χ2n) is 5.39. The van der Waals surface area contributed by atoms with Crippen molar-refractivity contribution in [2.75, 3.05) is 0 Å². The number of rotatable bonds is 3. The van der Waals surface area contributed by atoms with E-state index in [1.54, 1.807) is 7.05 Å². The minimum Gasteiger partial charge on any atom is -0.479 e. The van der Waals surface area contributed by atoms with Crippen LogP contribution in [0.2, 0.25) is 0 Å². The van der Waals surface area contributed by atoms with E-state index in [0.29, 0.717) is 18.4 Å². The van der Waals surface area contributed by atoms with Crippen molar-refractivity contribution < 1.29 is 19.5 Å². The molecule has 0 bridgehead atoms. The maximum atomic E-state index is 12.5. The van der Waals surface area contributed by atoms with Crippen molar-refractivity contribution in [1.29, 1.82) is 0 Å². The molecular weight excluding hydrogens is 274 g/mol. The predicted molar refractivity (Wildman–Crippen MR) is 70.8 cm³/mol. The lowest BCUT2D eigenvalue weighted by Crippen LogP contribution is -2.39. The third kappa shape index (κ3) is 2.05. The minimum absolute atomic E-state index is 0.332. The molecule has 0 aromatic carbocycles. The summed E-state index contributed by atoms with van der Waals surface area (Å²) >= 11 is 0. The van der Waals surface area contributed by atoms with Gasteiger partial charge in [-0.15, -0.1) is 0 Å². The van der Waals surface area contributed by atoms with Crippen LogP contribution in [0.4, 0.5) is 0 Å². The van der Waals surface area contributed by atoms with Crippen molar-refractivity contribution in [2.24, 2.45) is 18.9 Å². The Morgan fingerprint density at radius 1 is 1.29 bits per heavy atom. The molecule has 2 heterocycles. The van der Waals surface area contributed by atoms with Gasteiger partial charge in [0.05, 0.1) is 18.0 Å². The van der Waals surface area contributed by atoms with Crippen LogP contribution in [0.25, 0.3) is 0 Å². The molecule has 1 unspecified atom stereocenters. The fourth-order valence-corrected chi connectivity index (χ4v) is 3.06. The largest absolute Gasteiger partial charge is 0.479 e. The number of aromatic nitrogens is 2. The summed E-state index contributed by atoms with van der Waals surface area (Å²) in [6.45, 7) is 0. The molecule has 1 N–H and O–H groups in total. The van der Waals surface area contributed by atoms with Gasteiger partial charge >= 0.3 is 5.97 Å². The van der Waals surface area contributed by atoms with E-state index in [-0.39, 0.29) is 0 Å². The molecule has 7 heteroatoms. The highest BCUT2D eigenvalue weighted by atomic mass is 16.4. The number of hydrogen-bond acceptors (Lipinski definition) is 4. The lowest BCUT2D eigenvalue weighted by molar-refractivity contribution is -0.155. The number of carboxylic acid groups (broad SMARTS) is 1. The van der Waals surface area contributed by atoms with Gasteiger partial charge in [0, 0.05) is 18.8 Å². The standard InChI is InChI=1S/C14H15N3O4/c1-16-7-8(6-15-16)11(14(20)21)17-12(18)9-4-2-3-5-10(9)13(17)19/h2-3,6-7,9-11H,4-5H2,1H3,(H,20,21)/t9-,10+,11?. The molecule has 21 heavy (non-hydrogen) atoms. The Morgan fingerprint density at radius 3 is 2.29 bits per heavy atom. The Morgan fingerprint density at radius 2 is 1.86 bits per heavy atom. The average Bonchev–Trinajstić information content (AvgIpc) is 2.97. The van der Waals surface area contributed by atoms with E-state index in [0.717, 1.165) is 4.90 Å². The monoisotopic (exact) mass is 289 g/mol. The SMILES string of the molecule is Cn1cc(C(C(=O)O)N2C(=O)[C@H]3CC=CC[C@H]3C2=O)cn1. The van der Waals surface area contributed by atoms with Crippen LogP contribution in [0.3, 0.4) is 0 Å². The lowest BCUT2D eigenvalue weighted by Gasteiger charge is -2.22. The topological polar surface area (TPSA) is 92.5 Å². The van der Waals surface area contributed by atoms with E-state index in [1.165, 1.54) is 17.1 Å². The molecule has 1 fully saturated rings. The van der Waals surface area contributed by atoms with Crippen molar-refractivity contribution in [1.82, 2.24) is 14.7 Å². The molecule has 0 spiro atoms. The van der Waals surface area contributed by atoms with Gasteiger partial charge in [-0.25, -0.2) is 4.79 Å². The molecule has 1 aromatic rings. The second kappa shape index (κ2) is 4.83. The highest BCUT2D eigenvalue weighted by molar-refractivity contribution is 6.08. The van der Waals surface area contributed by atoms with Crippen LogP contribution in [0.15, 0.2) is 24.5 Å². The summed E-state index contributed by atoms with van der Waals surface area (Å²) in [5, 5.41) is 13.4. The third-order valence-electron chi connectivity index (χ3n) is 4.07. The average molecular weight is 289 g/mol. The number of amides is 2. The summed E-state index contributed by atoms with van der Waals surface area (Å²) in [6, 6.07) is -1.30. The van der Waals surface area contributed by atoms with Gasteiger partial charge in [0.15, 0.2) is 6.04 Å². The number of fused-ring (bicyclic) bond motifs is 1. The van der Waals surface area contributed by atoms with Crippen LogP contribution in [-0.2, 0) is 21.4 Å². The van der Waals surface area contributed by atoms with E-state index in [4.69, 9.17) is 0 Å². The number of hydrogen-bond donors (Lipinski definition) is 1. The number of aliphatic carboxylic acids is 1. The lowest BCUT2D eigenvalue weighted by atomic mass is 9.85. The number of nitrogens with zero attached hydrogens (tertiary/aromatic N) is 3. The Balaban J connectivity index is 1.99. The Hall–Kier alpha value is -2.44. The van der Waals surface area contributed by atoms with Crippen molar-refractivity contribution in [2.45, 2.75) is 18.9 Å². The summed E-state index contributed by atoms with van der Waals surface area (Å²) in [4.78, 5) is 37.4. The van der Waals surface area contributed by atoms with Crippen LogP contribution in [0.1, 0.15) is 24.4 Å². The molecule has 7 nitrogen and oxygen atoms in total. The molecule has 2 aliphatic rings.